The Morgan fingerprint density at radius 3 is 1.98 bits per heavy atom. The summed E-state index contributed by atoms with van der Waals surface area (Å²) in [6, 6.07) is 30.0. The predicted octanol–water partition coefficient (Wildman–Crippen LogP) is 10.1. The van der Waals surface area contributed by atoms with Gasteiger partial charge in [-0.15, -0.1) is 0 Å². The zero-order valence-electron chi connectivity index (χ0n) is 47.8. The molecule has 2 aliphatic heterocycles. The number of rotatable bonds is 6. The average molecular weight is 816 g/mol. The van der Waals surface area contributed by atoms with Crippen molar-refractivity contribution in [1.82, 2.24) is 4.57 Å². The quantitative estimate of drug-likeness (QED) is 0.123. The molecule has 12 rings (SSSR count). The van der Waals surface area contributed by atoms with E-state index in [1.54, 1.807) is 6.07 Å². The molecular weight excluding hydrogens is 762 g/mol. The molecule has 0 bridgehead atoms. The number of hydrogen-bond acceptors (Lipinski definition) is 2. The fourth-order valence-corrected chi connectivity index (χ4v) is 15.0. The molecule has 1 aromatic heterocycles. The number of nitrogens with zero attached hydrogens (tertiary/aromatic N) is 1. The van der Waals surface area contributed by atoms with E-state index in [0.717, 1.165) is 32.4 Å². The van der Waals surface area contributed by atoms with Crippen LogP contribution >= 0.6 is 11.6 Å². The molecular formula is C55H38BNOSSi. The van der Waals surface area contributed by atoms with Gasteiger partial charge in [0.05, 0.1) is 33.0 Å². The van der Waals surface area contributed by atoms with Gasteiger partial charge in [0, 0.05) is 21.4 Å². The molecule has 2 aliphatic rings. The van der Waals surface area contributed by atoms with E-state index in [-0.39, 0.29) is 89.2 Å². The van der Waals surface area contributed by atoms with Crippen LogP contribution in [0.5, 0.6) is 11.5 Å². The molecule has 0 aliphatic carbocycles. The third-order valence-corrected chi connectivity index (χ3v) is 17.5. The average Bonchev–Trinajstić information content (AvgIpc) is 3.79. The molecule has 0 saturated carbocycles. The fraction of sp³-hybridized carbons (Fsp3) is 0.0182. The van der Waals surface area contributed by atoms with Crippen LogP contribution in [0.4, 0.5) is 0 Å². The van der Waals surface area contributed by atoms with E-state index in [1.165, 1.54) is 11.5 Å². The van der Waals surface area contributed by atoms with Gasteiger partial charge in [-0.05, 0) is 109 Å². The Kier molecular flexibility index (Phi) is 5.23. The highest BCUT2D eigenvalue weighted by molar-refractivity contribution is 8.28. The molecule has 3 heterocycles. The molecule has 0 atom stereocenters. The van der Waals surface area contributed by atoms with Crippen LogP contribution in [0, 0.1) is 6.92 Å². The lowest BCUT2D eigenvalue weighted by molar-refractivity contribution is 0.488. The zero-order chi connectivity index (χ0) is 53.7. The van der Waals surface area contributed by atoms with Crippen molar-refractivity contribution in [2.24, 2.45) is 0 Å². The first-order chi connectivity index (χ1) is 36.4. The third-order valence-electron chi connectivity index (χ3n) is 11.5. The van der Waals surface area contributed by atoms with Crippen molar-refractivity contribution in [1.29, 1.82) is 0 Å². The summed E-state index contributed by atoms with van der Waals surface area (Å²) < 4.78 is 156. The van der Waals surface area contributed by atoms with E-state index in [1.807, 2.05) is 72.8 Å². The van der Waals surface area contributed by atoms with E-state index < -0.39 is 98.7 Å². The summed E-state index contributed by atoms with van der Waals surface area (Å²) in [6.45, 7) is 1.48. The standard InChI is InChI=1S/C55H38BNOSSi/c1-37-17-15-27-46-45-26-11-13-29-50(45)57(55(37)46)40-31-32-53-47(36-40)48-34-39(35-52-54(48)56(59-53)49-28-12-14-30-51(49)58-52)38-18-16-25-44(33-38)60(41-19-5-2-6-20-41,42-21-7-3-8-22-42)43-23-9-4-10-24-43/h2-36H,1H3/i11D,12D,13D,14D,15D,17D,26D,27D,28D,29D,30D,31D,32D,34D,35D,36D. The summed E-state index contributed by atoms with van der Waals surface area (Å²) in [4.78, 5) is -0.00718. The summed E-state index contributed by atoms with van der Waals surface area (Å²) in [5, 5.41) is 3.78. The Balaban J connectivity index is 1.22. The monoisotopic (exact) mass is 815 g/mol. The van der Waals surface area contributed by atoms with Crippen molar-refractivity contribution in [3.63, 3.8) is 0 Å². The number of fused-ring (bicyclic) bond motifs is 7. The molecule has 0 fully saturated rings. The number of hydrogen-bond donors (Lipinski definition) is 0. The Morgan fingerprint density at radius 1 is 0.567 bits per heavy atom. The fourth-order valence-electron chi connectivity index (χ4n) is 8.93. The Bertz CT molecular complexity index is 4050. The number of para-hydroxylation sites is 3. The van der Waals surface area contributed by atoms with Crippen molar-refractivity contribution < 1.29 is 26.7 Å². The Labute approximate surface area is 378 Å². The second kappa shape index (κ2) is 13.9. The summed E-state index contributed by atoms with van der Waals surface area (Å²) in [5.74, 6) is -1.54. The molecule has 60 heavy (non-hydrogen) atoms. The highest BCUT2D eigenvalue weighted by Gasteiger charge is 2.42. The first-order valence-electron chi connectivity index (χ1n) is 27.4. The maximum atomic E-state index is 10.5. The third kappa shape index (κ3) is 5.29. The molecule has 2 nitrogen and oxygen atoms in total. The molecule has 0 N–H and O–H groups in total. The van der Waals surface area contributed by atoms with Crippen molar-refractivity contribution in [3.8, 4) is 39.4 Å². The van der Waals surface area contributed by atoms with Crippen LogP contribution in [-0.2, 0) is 0 Å². The first-order valence-corrected chi connectivity index (χ1v) is 22.3. The number of aromatic nitrogens is 1. The van der Waals surface area contributed by atoms with Crippen LogP contribution in [-0.4, -0.2) is 18.6 Å². The Morgan fingerprint density at radius 2 is 1.23 bits per heavy atom. The highest BCUT2D eigenvalue weighted by Crippen LogP contribution is 2.46. The molecule has 0 saturated heterocycles. The maximum absolute atomic E-state index is 10.5. The largest absolute Gasteiger partial charge is 0.458 e. The second-order valence-electron chi connectivity index (χ2n) is 14.7. The highest BCUT2D eigenvalue weighted by atomic mass is 32.2. The van der Waals surface area contributed by atoms with Crippen LogP contribution in [0.15, 0.2) is 217 Å². The second-order valence-corrected chi connectivity index (χ2v) is 19.6. The minimum absolute atomic E-state index is 0.00718. The van der Waals surface area contributed by atoms with E-state index in [9.17, 15) is 9.60 Å². The smallest absolute Gasteiger partial charge is 0.289 e. The van der Waals surface area contributed by atoms with E-state index in [0.29, 0.717) is 5.56 Å². The van der Waals surface area contributed by atoms with Gasteiger partial charge in [0.2, 0.25) is 0 Å². The van der Waals surface area contributed by atoms with Gasteiger partial charge in [-0.1, -0.05) is 170 Å². The lowest BCUT2D eigenvalue weighted by Crippen LogP contribution is -2.74. The zero-order valence-corrected chi connectivity index (χ0v) is 33.6. The van der Waals surface area contributed by atoms with Gasteiger partial charge >= 0.3 is 0 Å². The van der Waals surface area contributed by atoms with Gasteiger partial charge in [0.25, 0.3) is 5.99 Å². The molecule has 0 unspecified atom stereocenters. The van der Waals surface area contributed by atoms with Gasteiger partial charge in [-0.25, -0.2) is 0 Å². The van der Waals surface area contributed by atoms with Gasteiger partial charge < -0.3 is 9.30 Å². The molecule has 10 aromatic rings. The van der Waals surface area contributed by atoms with Crippen LogP contribution < -0.4 is 36.4 Å². The van der Waals surface area contributed by atoms with Gasteiger partial charge in [-0.3, -0.25) is 0 Å². The number of benzene rings is 9. The molecule has 0 amide bonds. The number of ether oxygens (including phenoxy) is 1. The van der Waals surface area contributed by atoms with Crippen molar-refractivity contribution in [2.45, 2.75) is 11.8 Å². The predicted molar refractivity (Wildman–Crippen MR) is 257 cm³/mol. The summed E-state index contributed by atoms with van der Waals surface area (Å²) in [5.41, 5.74) is -0.128. The van der Waals surface area contributed by atoms with Gasteiger partial charge in [0.15, 0.2) is 8.07 Å². The lowest BCUT2D eigenvalue weighted by atomic mass is 9.57. The lowest BCUT2D eigenvalue weighted by Gasteiger charge is -2.35. The topological polar surface area (TPSA) is 14.2 Å². The molecule has 9 aromatic carbocycles. The maximum Gasteiger partial charge on any atom is 0.289 e. The van der Waals surface area contributed by atoms with E-state index in [2.05, 4.69) is 36.4 Å². The SMILES string of the molecule is [2H]c1c([2H])c([2H])c2c(c1[2H])Oc1c([2H])c(-c3cccc([Si](c4ccccc4)(c4ccccc4)c4ccccc4)c3)c([2H])c3c1B2Sc1c([2H])c([2H])c(-n2c4c([2H])c([2H])c([2H])c([2H])c4c4c([2H])c([2H])c([2H])c(C)c42)c([2H])c1-3. The molecule has 0 spiro atoms. The van der Waals surface area contributed by atoms with Crippen molar-refractivity contribution >= 4 is 79.2 Å². The Hall–Kier alpha value is -6.79. The van der Waals surface area contributed by atoms with Crippen LogP contribution in [0.2, 0.25) is 0 Å². The molecule has 5 heteroatoms. The number of aryl methyl sites for hydroxylation is 1. The first kappa shape index (κ1) is 22.5. The van der Waals surface area contributed by atoms with E-state index >= 15 is 0 Å². The summed E-state index contributed by atoms with van der Waals surface area (Å²) in [7, 11) is -3.23. The summed E-state index contributed by atoms with van der Waals surface area (Å²) in [6.07, 6.45) is 0. The molecule has 282 valence electrons. The van der Waals surface area contributed by atoms with E-state index in [4.69, 9.17) is 17.1 Å². The minimum atomic E-state index is -3.23. The van der Waals surface area contributed by atoms with Gasteiger partial charge in [0.1, 0.15) is 11.5 Å². The van der Waals surface area contributed by atoms with Crippen LogP contribution in [0.1, 0.15) is 27.5 Å². The molecule has 0 radical (unpaired) electrons. The normalized spacial score (nSPS) is 16.5. The minimum Gasteiger partial charge on any atom is -0.458 e. The summed E-state index contributed by atoms with van der Waals surface area (Å²) >= 11 is 0.919. The van der Waals surface area contributed by atoms with Crippen molar-refractivity contribution in [3.05, 3.63) is 218 Å². The van der Waals surface area contributed by atoms with Crippen LogP contribution in [0.3, 0.4) is 0 Å². The van der Waals surface area contributed by atoms with Gasteiger partial charge in [-0.2, -0.15) is 11.6 Å². The van der Waals surface area contributed by atoms with Crippen LogP contribution in [0.25, 0.3) is 49.7 Å². The van der Waals surface area contributed by atoms with Crippen molar-refractivity contribution in [2.75, 3.05) is 0 Å².